The van der Waals surface area contributed by atoms with Gasteiger partial charge in [-0.15, -0.1) is 0 Å². The van der Waals surface area contributed by atoms with Crippen LogP contribution >= 0.6 is 0 Å². The summed E-state index contributed by atoms with van der Waals surface area (Å²) in [6, 6.07) is 8.57. The molecule has 1 aromatic carbocycles. The molecule has 1 aromatic heterocycles. The van der Waals surface area contributed by atoms with Crippen LogP contribution in [-0.4, -0.2) is 18.1 Å². The van der Waals surface area contributed by atoms with E-state index in [9.17, 15) is 0 Å². The van der Waals surface area contributed by atoms with E-state index in [0.717, 1.165) is 13.1 Å². The molecule has 0 atom stereocenters. The van der Waals surface area contributed by atoms with Gasteiger partial charge in [-0.1, -0.05) is 18.2 Å². The molecular weight excluding hydrogens is 172 g/mol. The van der Waals surface area contributed by atoms with Crippen LogP contribution in [0.4, 0.5) is 0 Å². The highest BCUT2D eigenvalue weighted by Crippen LogP contribution is 2.30. The van der Waals surface area contributed by atoms with E-state index >= 15 is 0 Å². The van der Waals surface area contributed by atoms with Crippen molar-refractivity contribution in [2.45, 2.75) is 12.8 Å². The maximum Gasteiger partial charge on any atom is 0.0458 e. The van der Waals surface area contributed by atoms with Crippen LogP contribution in [0.1, 0.15) is 17.2 Å². The van der Waals surface area contributed by atoms with Crippen LogP contribution in [0.25, 0.3) is 10.9 Å². The molecule has 0 saturated carbocycles. The van der Waals surface area contributed by atoms with Crippen molar-refractivity contribution >= 4 is 10.9 Å². The predicted octanol–water partition coefficient (Wildman–Crippen LogP) is 2.16. The van der Waals surface area contributed by atoms with Crippen LogP contribution in [0.5, 0.6) is 0 Å². The Morgan fingerprint density at radius 3 is 2.71 bits per heavy atom. The summed E-state index contributed by atoms with van der Waals surface area (Å²) in [5, 5.41) is 4.73. The lowest BCUT2D eigenvalue weighted by Gasteiger charge is -2.27. The summed E-state index contributed by atoms with van der Waals surface area (Å²) in [4.78, 5) is 3.45. The molecule has 0 aliphatic carbocycles. The van der Waals surface area contributed by atoms with Gasteiger partial charge in [0.25, 0.3) is 0 Å². The lowest BCUT2D eigenvalue weighted by Crippen LogP contribution is -2.40. The molecule has 72 valence electrons. The Balaban J connectivity index is 2.24. The Morgan fingerprint density at radius 2 is 2.00 bits per heavy atom. The maximum atomic E-state index is 3.45. The molecule has 2 nitrogen and oxygen atoms in total. The summed E-state index contributed by atoms with van der Waals surface area (Å²) in [5.74, 6) is 0.714. The van der Waals surface area contributed by atoms with Gasteiger partial charge in [0.1, 0.15) is 0 Å². The van der Waals surface area contributed by atoms with E-state index in [-0.39, 0.29) is 0 Å². The molecular formula is C12H14N2. The van der Waals surface area contributed by atoms with Crippen LogP contribution in [0, 0.1) is 6.92 Å². The van der Waals surface area contributed by atoms with Crippen LogP contribution in [0.2, 0.25) is 0 Å². The van der Waals surface area contributed by atoms with E-state index in [1.165, 1.54) is 22.2 Å². The molecule has 0 amide bonds. The molecule has 1 aliphatic rings. The first kappa shape index (κ1) is 8.06. The van der Waals surface area contributed by atoms with Crippen molar-refractivity contribution in [1.29, 1.82) is 0 Å². The number of fused-ring (bicyclic) bond motifs is 1. The van der Waals surface area contributed by atoms with E-state index in [1.807, 2.05) is 0 Å². The first-order valence-corrected chi connectivity index (χ1v) is 5.14. The normalized spacial score (nSPS) is 17.2. The average molecular weight is 186 g/mol. The van der Waals surface area contributed by atoms with Gasteiger partial charge in [0.15, 0.2) is 0 Å². The second-order valence-corrected chi connectivity index (χ2v) is 4.06. The molecule has 2 aromatic rings. The fourth-order valence-corrected chi connectivity index (χ4v) is 2.32. The molecule has 3 rings (SSSR count). The Kier molecular flexibility index (Phi) is 1.64. The third-order valence-electron chi connectivity index (χ3n) is 3.13. The van der Waals surface area contributed by atoms with Crippen molar-refractivity contribution in [2.24, 2.45) is 0 Å². The van der Waals surface area contributed by atoms with E-state index < -0.39 is 0 Å². The Morgan fingerprint density at radius 1 is 1.21 bits per heavy atom. The van der Waals surface area contributed by atoms with Crippen molar-refractivity contribution in [2.75, 3.05) is 13.1 Å². The Labute approximate surface area is 83.3 Å². The molecule has 0 unspecified atom stereocenters. The molecule has 2 heteroatoms. The summed E-state index contributed by atoms with van der Waals surface area (Å²) in [6.45, 7) is 4.43. The highest BCUT2D eigenvalue weighted by atomic mass is 15.0. The number of aromatic nitrogens is 1. The molecule has 1 saturated heterocycles. The molecule has 1 aliphatic heterocycles. The molecule has 0 radical (unpaired) electrons. The maximum absolute atomic E-state index is 3.45. The summed E-state index contributed by atoms with van der Waals surface area (Å²) in [7, 11) is 0. The van der Waals surface area contributed by atoms with Crippen molar-refractivity contribution in [3.63, 3.8) is 0 Å². The van der Waals surface area contributed by atoms with Crippen LogP contribution in [0.3, 0.4) is 0 Å². The molecule has 1 fully saturated rings. The van der Waals surface area contributed by atoms with Gasteiger partial charge in [0.2, 0.25) is 0 Å². The second kappa shape index (κ2) is 2.85. The highest BCUT2D eigenvalue weighted by molar-refractivity contribution is 5.85. The van der Waals surface area contributed by atoms with Crippen molar-refractivity contribution in [1.82, 2.24) is 10.3 Å². The number of aromatic amines is 1. The minimum absolute atomic E-state index is 0.714. The average Bonchev–Trinajstić information content (AvgIpc) is 2.41. The van der Waals surface area contributed by atoms with Crippen LogP contribution in [0.15, 0.2) is 24.3 Å². The summed E-state index contributed by atoms with van der Waals surface area (Å²) >= 11 is 0. The standard InChI is InChI=1S/C12H14N2/c1-8-12(9-6-13-7-9)10-4-2-3-5-11(10)14-8/h2-5,9,13-14H,6-7H2,1H3. The lowest BCUT2D eigenvalue weighted by molar-refractivity contribution is 0.449. The van der Waals surface area contributed by atoms with Crippen LogP contribution in [-0.2, 0) is 0 Å². The molecule has 0 spiro atoms. The van der Waals surface area contributed by atoms with Gasteiger partial charge in [-0.05, 0) is 18.6 Å². The highest BCUT2D eigenvalue weighted by Gasteiger charge is 2.23. The quantitative estimate of drug-likeness (QED) is 0.701. The van der Waals surface area contributed by atoms with E-state index in [2.05, 4.69) is 41.5 Å². The summed E-state index contributed by atoms with van der Waals surface area (Å²) in [6.07, 6.45) is 0. The minimum Gasteiger partial charge on any atom is -0.358 e. The monoisotopic (exact) mass is 186 g/mol. The fraction of sp³-hybridized carbons (Fsp3) is 0.333. The summed E-state index contributed by atoms with van der Waals surface area (Å²) < 4.78 is 0. The second-order valence-electron chi connectivity index (χ2n) is 4.06. The van der Waals surface area contributed by atoms with Gasteiger partial charge in [-0.2, -0.15) is 0 Å². The van der Waals surface area contributed by atoms with Gasteiger partial charge in [0, 0.05) is 35.6 Å². The lowest BCUT2D eigenvalue weighted by atomic mass is 9.91. The smallest absolute Gasteiger partial charge is 0.0458 e. The topological polar surface area (TPSA) is 27.8 Å². The van der Waals surface area contributed by atoms with Crippen molar-refractivity contribution in [3.05, 3.63) is 35.5 Å². The number of rotatable bonds is 1. The van der Waals surface area contributed by atoms with Crippen molar-refractivity contribution in [3.8, 4) is 0 Å². The van der Waals surface area contributed by atoms with Gasteiger partial charge < -0.3 is 10.3 Å². The van der Waals surface area contributed by atoms with E-state index in [4.69, 9.17) is 0 Å². The van der Waals surface area contributed by atoms with Gasteiger partial charge in [-0.25, -0.2) is 0 Å². The molecule has 14 heavy (non-hydrogen) atoms. The fourth-order valence-electron chi connectivity index (χ4n) is 2.32. The zero-order valence-corrected chi connectivity index (χ0v) is 8.30. The van der Waals surface area contributed by atoms with Gasteiger partial charge >= 0.3 is 0 Å². The zero-order valence-electron chi connectivity index (χ0n) is 8.30. The number of nitrogens with one attached hydrogen (secondary N) is 2. The van der Waals surface area contributed by atoms with Gasteiger partial charge in [0.05, 0.1) is 0 Å². The van der Waals surface area contributed by atoms with E-state index in [1.54, 1.807) is 0 Å². The first-order chi connectivity index (χ1) is 6.86. The van der Waals surface area contributed by atoms with Crippen molar-refractivity contribution < 1.29 is 0 Å². The number of H-pyrrole nitrogens is 1. The number of para-hydroxylation sites is 1. The molecule has 2 heterocycles. The van der Waals surface area contributed by atoms with E-state index in [0.29, 0.717) is 5.92 Å². The van der Waals surface area contributed by atoms with Crippen LogP contribution < -0.4 is 5.32 Å². The number of benzene rings is 1. The Bertz CT molecular complexity index is 466. The summed E-state index contributed by atoms with van der Waals surface area (Å²) in [5.41, 5.74) is 4.11. The number of hydrogen-bond acceptors (Lipinski definition) is 1. The molecule has 2 N–H and O–H groups in total. The molecule has 0 bridgehead atoms. The predicted molar refractivity (Wildman–Crippen MR) is 58.6 cm³/mol. The number of aryl methyl sites for hydroxylation is 1. The number of hydrogen-bond donors (Lipinski definition) is 2. The minimum atomic E-state index is 0.714. The third kappa shape index (κ3) is 1.01. The van der Waals surface area contributed by atoms with Gasteiger partial charge in [-0.3, -0.25) is 0 Å². The largest absolute Gasteiger partial charge is 0.358 e. The third-order valence-corrected chi connectivity index (χ3v) is 3.13. The Hall–Kier alpha value is -1.28. The zero-order chi connectivity index (χ0) is 9.54. The first-order valence-electron chi connectivity index (χ1n) is 5.14. The SMILES string of the molecule is Cc1[nH]c2ccccc2c1C1CNC1.